The van der Waals surface area contributed by atoms with Gasteiger partial charge in [-0.15, -0.1) is 0 Å². The van der Waals surface area contributed by atoms with E-state index in [0.717, 1.165) is 43.7 Å². The summed E-state index contributed by atoms with van der Waals surface area (Å²) in [5.41, 5.74) is 1.04. The predicted molar refractivity (Wildman–Crippen MR) is 60.3 cm³/mol. The molecule has 1 unspecified atom stereocenters. The van der Waals surface area contributed by atoms with Gasteiger partial charge in [0.15, 0.2) is 0 Å². The number of benzene rings is 1. The molecule has 0 amide bonds. The van der Waals surface area contributed by atoms with Crippen molar-refractivity contribution in [3.8, 4) is 5.75 Å². The number of halogens is 1. The van der Waals surface area contributed by atoms with Crippen molar-refractivity contribution in [2.45, 2.75) is 31.3 Å². The summed E-state index contributed by atoms with van der Waals surface area (Å²) in [6.07, 6.45) is 3.72. The average molecular weight is 221 g/mol. The van der Waals surface area contributed by atoms with Crippen LogP contribution in [-0.2, 0) is 0 Å². The van der Waals surface area contributed by atoms with Crippen LogP contribution in [0.15, 0.2) is 18.2 Å². The maximum Gasteiger partial charge on any atom is 0.123 e. The number of ether oxygens (including phenoxy) is 1. The Morgan fingerprint density at radius 2 is 2.12 bits per heavy atom. The van der Waals surface area contributed by atoms with Crippen LogP contribution in [0.3, 0.4) is 0 Å². The first-order valence-electron chi connectivity index (χ1n) is 6.00. The van der Waals surface area contributed by atoms with E-state index in [1.165, 1.54) is 6.07 Å². The van der Waals surface area contributed by atoms with Crippen molar-refractivity contribution in [1.82, 2.24) is 5.32 Å². The first-order valence-corrected chi connectivity index (χ1v) is 6.00. The normalized spacial score (nSPS) is 24.7. The van der Waals surface area contributed by atoms with E-state index in [4.69, 9.17) is 4.74 Å². The van der Waals surface area contributed by atoms with Crippen LogP contribution in [-0.4, -0.2) is 19.2 Å². The maximum atomic E-state index is 13.3. The number of hydrogen-bond acceptors (Lipinski definition) is 2. The van der Waals surface area contributed by atoms with Crippen LogP contribution in [0, 0.1) is 5.82 Å². The molecule has 16 heavy (non-hydrogen) atoms. The van der Waals surface area contributed by atoms with Crippen LogP contribution in [0.4, 0.5) is 4.39 Å². The molecule has 1 heterocycles. The topological polar surface area (TPSA) is 21.3 Å². The molecule has 2 nitrogen and oxygen atoms in total. The van der Waals surface area contributed by atoms with Crippen LogP contribution in [0.1, 0.15) is 30.7 Å². The Morgan fingerprint density at radius 1 is 1.25 bits per heavy atom. The highest BCUT2D eigenvalue weighted by atomic mass is 19.1. The fourth-order valence-electron chi connectivity index (χ4n) is 2.23. The van der Waals surface area contributed by atoms with Crippen LogP contribution in [0.25, 0.3) is 0 Å². The molecular weight excluding hydrogens is 205 g/mol. The summed E-state index contributed by atoms with van der Waals surface area (Å²) in [4.78, 5) is 0. The molecule has 1 N–H and O–H groups in total. The van der Waals surface area contributed by atoms with Gasteiger partial charge in [-0.2, -0.15) is 0 Å². The van der Waals surface area contributed by atoms with Gasteiger partial charge in [0.25, 0.3) is 0 Å². The lowest BCUT2D eigenvalue weighted by atomic mass is 9.97. The Hall–Kier alpha value is -1.09. The molecule has 3 rings (SSSR count). The quantitative estimate of drug-likeness (QED) is 0.846. The molecule has 3 heteroatoms. The fourth-order valence-corrected chi connectivity index (χ4v) is 2.23. The number of nitrogens with one attached hydrogen (secondary N) is 1. The molecule has 0 aromatic heterocycles. The van der Waals surface area contributed by atoms with E-state index in [-0.39, 0.29) is 5.82 Å². The minimum atomic E-state index is -0.162. The lowest BCUT2D eigenvalue weighted by molar-refractivity contribution is 0.297. The standard InChI is InChI=1S/C13H16FNO/c14-10-1-4-13(16-11-2-3-11)12(7-10)9-5-6-15-8-9/h1,4,7,9,11,15H,2-3,5-6,8H2. The van der Waals surface area contributed by atoms with E-state index in [2.05, 4.69) is 5.32 Å². The molecule has 1 saturated carbocycles. The van der Waals surface area contributed by atoms with Crippen molar-refractivity contribution in [2.24, 2.45) is 0 Å². The fraction of sp³-hybridized carbons (Fsp3) is 0.538. The predicted octanol–water partition coefficient (Wildman–Crippen LogP) is 2.44. The van der Waals surface area contributed by atoms with Gasteiger partial charge < -0.3 is 10.1 Å². The highest BCUT2D eigenvalue weighted by Crippen LogP contribution is 2.35. The monoisotopic (exact) mass is 221 g/mol. The highest BCUT2D eigenvalue weighted by molar-refractivity contribution is 5.38. The van der Waals surface area contributed by atoms with E-state index in [1.54, 1.807) is 12.1 Å². The molecule has 86 valence electrons. The smallest absolute Gasteiger partial charge is 0.123 e. The second-order valence-corrected chi connectivity index (χ2v) is 4.69. The van der Waals surface area contributed by atoms with E-state index in [1.807, 2.05) is 0 Å². The summed E-state index contributed by atoms with van der Waals surface area (Å²) in [7, 11) is 0. The zero-order chi connectivity index (χ0) is 11.0. The van der Waals surface area contributed by atoms with Gasteiger partial charge in [-0.3, -0.25) is 0 Å². The van der Waals surface area contributed by atoms with Gasteiger partial charge in [0.1, 0.15) is 11.6 Å². The van der Waals surface area contributed by atoms with Crippen molar-refractivity contribution in [3.63, 3.8) is 0 Å². The van der Waals surface area contributed by atoms with Gasteiger partial charge in [0.2, 0.25) is 0 Å². The number of rotatable bonds is 3. The molecule has 0 radical (unpaired) electrons. The zero-order valence-corrected chi connectivity index (χ0v) is 9.21. The third-order valence-corrected chi connectivity index (χ3v) is 3.29. The van der Waals surface area contributed by atoms with Gasteiger partial charge in [0, 0.05) is 18.0 Å². The summed E-state index contributed by atoms with van der Waals surface area (Å²) in [5.74, 6) is 1.13. The first-order chi connectivity index (χ1) is 7.83. The Balaban J connectivity index is 1.88. The van der Waals surface area contributed by atoms with Gasteiger partial charge in [-0.25, -0.2) is 4.39 Å². The van der Waals surface area contributed by atoms with Gasteiger partial charge in [-0.05, 0) is 44.0 Å². The maximum absolute atomic E-state index is 13.3. The SMILES string of the molecule is Fc1ccc(OC2CC2)c(C2CCNC2)c1. The lowest BCUT2D eigenvalue weighted by Gasteiger charge is -2.15. The minimum Gasteiger partial charge on any atom is -0.490 e. The second kappa shape index (κ2) is 4.06. The zero-order valence-electron chi connectivity index (χ0n) is 9.21. The van der Waals surface area contributed by atoms with Crippen molar-refractivity contribution < 1.29 is 9.13 Å². The Labute approximate surface area is 94.8 Å². The second-order valence-electron chi connectivity index (χ2n) is 4.69. The molecule has 1 saturated heterocycles. The van der Waals surface area contributed by atoms with Crippen molar-refractivity contribution >= 4 is 0 Å². The van der Waals surface area contributed by atoms with Gasteiger partial charge in [-0.1, -0.05) is 0 Å². The molecule has 2 aliphatic rings. The molecule has 1 aliphatic carbocycles. The summed E-state index contributed by atoms with van der Waals surface area (Å²) >= 11 is 0. The summed E-state index contributed by atoms with van der Waals surface area (Å²) in [6.45, 7) is 1.95. The summed E-state index contributed by atoms with van der Waals surface area (Å²) in [6, 6.07) is 4.90. The van der Waals surface area contributed by atoms with Crippen molar-refractivity contribution in [3.05, 3.63) is 29.6 Å². The van der Waals surface area contributed by atoms with Crippen molar-refractivity contribution in [1.29, 1.82) is 0 Å². The largest absolute Gasteiger partial charge is 0.490 e. The van der Waals surface area contributed by atoms with Crippen LogP contribution in [0.5, 0.6) is 5.75 Å². The first kappa shape index (κ1) is 10.1. The van der Waals surface area contributed by atoms with Gasteiger partial charge in [0.05, 0.1) is 6.10 Å². The van der Waals surface area contributed by atoms with E-state index in [9.17, 15) is 4.39 Å². The van der Waals surface area contributed by atoms with E-state index >= 15 is 0 Å². The van der Waals surface area contributed by atoms with Crippen molar-refractivity contribution in [2.75, 3.05) is 13.1 Å². The molecule has 2 fully saturated rings. The van der Waals surface area contributed by atoms with Gasteiger partial charge >= 0.3 is 0 Å². The Kier molecular flexibility index (Phi) is 2.56. The van der Waals surface area contributed by atoms with Crippen LogP contribution >= 0.6 is 0 Å². The lowest BCUT2D eigenvalue weighted by Crippen LogP contribution is -2.09. The molecule has 0 bridgehead atoms. The highest BCUT2D eigenvalue weighted by Gasteiger charge is 2.27. The third-order valence-electron chi connectivity index (χ3n) is 3.29. The molecule has 1 atom stereocenters. The number of hydrogen-bond donors (Lipinski definition) is 1. The van der Waals surface area contributed by atoms with Crippen LogP contribution in [0.2, 0.25) is 0 Å². The van der Waals surface area contributed by atoms with E-state index < -0.39 is 0 Å². The minimum absolute atomic E-state index is 0.162. The molecule has 1 aromatic carbocycles. The Bertz CT molecular complexity index is 384. The molecule has 1 aliphatic heterocycles. The summed E-state index contributed by atoms with van der Waals surface area (Å²) in [5, 5.41) is 3.31. The average Bonchev–Trinajstić information content (AvgIpc) is 2.93. The molecule has 0 spiro atoms. The molecular formula is C13H16FNO. The van der Waals surface area contributed by atoms with E-state index in [0.29, 0.717) is 12.0 Å². The molecule has 1 aromatic rings. The Morgan fingerprint density at radius 3 is 2.81 bits per heavy atom. The van der Waals surface area contributed by atoms with Crippen LogP contribution < -0.4 is 10.1 Å². The third kappa shape index (κ3) is 2.05. The summed E-state index contributed by atoms with van der Waals surface area (Å²) < 4.78 is 19.1.